The molecule has 4 aromatic rings. The predicted octanol–water partition coefficient (Wildman–Crippen LogP) is 6.11. The quantitative estimate of drug-likeness (QED) is 0.271. The van der Waals surface area contributed by atoms with E-state index in [4.69, 9.17) is 9.72 Å². The number of nitrogens with zero attached hydrogens (tertiary/aromatic N) is 3. The van der Waals surface area contributed by atoms with Crippen LogP contribution in [0.25, 0.3) is 16.9 Å². The average molecular weight is 491 g/mol. The molecule has 0 atom stereocenters. The van der Waals surface area contributed by atoms with Crippen LogP contribution in [-0.2, 0) is 11.8 Å². The van der Waals surface area contributed by atoms with Gasteiger partial charge in [-0.3, -0.25) is 4.79 Å². The van der Waals surface area contributed by atoms with Crippen LogP contribution in [0.3, 0.4) is 0 Å². The molecule has 1 fully saturated rings. The van der Waals surface area contributed by atoms with E-state index in [1.807, 2.05) is 60.7 Å². The Morgan fingerprint density at radius 3 is 2.49 bits per heavy atom. The standard InChI is InChI=1S/C31H30N4O2/c1-37-26-17-9-8-16-25(26)35-29(36)27-28(33-30(35)34-32-21-22-12-4-2-5-13-22)24-15-7-6-14-23(24)20-31(27)18-10-3-11-19-31/h2,4-9,12-17,21H,3,10-11,18-20H2,1H3,(H,33,34)/b32-21+. The maximum atomic E-state index is 14.6. The third kappa shape index (κ3) is 4.12. The molecule has 0 saturated heterocycles. The van der Waals surface area contributed by atoms with E-state index in [-0.39, 0.29) is 11.0 Å². The minimum atomic E-state index is -0.207. The van der Waals surface area contributed by atoms with Gasteiger partial charge in [-0.25, -0.2) is 15.0 Å². The fourth-order valence-electron chi connectivity index (χ4n) is 6.02. The Labute approximate surface area is 216 Å². The third-order valence-electron chi connectivity index (χ3n) is 7.73. The maximum Gasteiger partial charge on any atom is 0.264 e. The van der Waals surface area contributed by atoms with Crippen LogP contribution in [0.5, 0.6) is 5.75 Å². The lowest BCUT2D eigenvalue weighted by Gasteiger charge is -2.42. The maximum absolute atomic E-state index is 14.6. The second-order valence-corrected chi connectivity index (χ2v) is 9.93. The monoisotopic (exact) mass is 490 g/mol. The smallest absolute Gasteiger partial charge is 0.264 e. The lowest BCUT2D eigenvalue weighted by Crippen LogP contribution is -2.43. The molecule has 2 aliphatic rings. The fraction of sp³-hybridized carbons (Fsp3) is 0.258. The van der Waals surface area contributed by atoms with E-state index in [1.54, 1.807) is 17.9 Å². The van der Waals surface area contributed by atoms with Crippen molar-refractivity contribution < 1.29 is 4.74 Å². The molecule has 1 aromatic heterocycles. The topological polar surface area (TPSA) is 68.5 Å². The fourth-order valence-corrected chi connectivity index (χ4v) is 6.02. The number of fused-ring (bicyclic) bond motifs is 4. The highest BCUT2D eigenvalue weighted by atomic mass is 16.5. The van der Waals surface area contributed by atoms with Crippen molar-refractivity contribution in [1.82, 2.24) is 9.55 Å². The van der Waals surface area contributed by atoms with Gasteiger partial charge in [0.1, 0.15) is 5.75 Å². The number of nitrogens with one attached hydrogen (secondary N) is 1. The first-order valence-electron chi connectivity index (χ1n) is 12.9. The molecule has 1 heterocycles. The van der Waals surface area contributed by atoms with Gasteiger partial charge in [-0.2, -0.15) is 5.10 Å². The average Bonchev–Trinajstić information content (AvgIpc) is 2.94. The van der Waals surface area contributed by atoms with Crippen LogP contribution < -0.4 is 15.7 Å². The molecule has 0 aliphatic heterocycles. The molecule has 6 heteroatoms. The van der Waals surface area contributed by atoms with E-state index in [0.29, 0.717) is 17.4 Å². The summed E-state index contributed by atoms with van der Waals surface area (Å²) in [5.41, 5.74) is 8.33. The van der Waals surface area contributed by atoms with Gasteiger partial charge >= 0.3 is 0 Å². The molecule has 0 unspecified atom stereocenters. The van der Waals surface area contributed by atoms with E-state index in [0.717, 1.165) is 54.5 Å². The van der Waals surface area contributed by atoms with E-state index in [9.17, 15) is 4.79 Å². The van der Waals surface area contributed by atoms with Gasteiger partial charge in [-0.1, -0.05) is 86.0 Å². The van der Waals surface area contributed by atoms with E-state index >= 15 is 0 Å². The number of para-hydroxylation sites is 2. The molecule has 6 nitrogen and oxygen atoms in total. The zero-order chi connectivity index (χ0) is 25.2. The van der Waals surface area contributed by atoms with Gasteiger partial charge in [0.05, 0.1) is 30.3 Å². The highest BCUT2D eigenvalue weighted by Gasteiger charge is 2.43. The van der Waals surface area contributed by atoms with Crippen molar-refractivity contribution in [3.05, 3.63) is 106 Å². The molecule has 1 N–H and O–H groups in total. The summed E-state index contributed by atoms with van der Waals surface area (Å²) in [6.07, 6.45) is 8.05. The second kappa shape index (κ2) is 9.69. The number of aromatic nitrogens is 2. The summed E-state index contributed by atoms with van der Waals surface area (Å²) in [6.45, 7) is 0. The summed E-state index contributed by atoms with van der Waals surface area (Å²) >= 11 is 0. The lowest BCUT2D eigenvalue weighted by atomic mass is 9.62. The zero-order valence-electron chi connectivity index (χ0n) is 21.0. The minimum absolute atomic E-state index is 0.0525. The molecule has 3 aromatic carbocycles. The zero-order valence-corrected chi connectivity index (χ0v) is 21.0. The first-order chi connectivity index (χ1) is 18.2. The summed E-state index contributed by atoms with van der Waals surface area (Å²) in [5, 5.41) is 4.47. The van der Waals surface area contributed by atoms with Crippen LogP contribution in [0, 0.1) is 0 Å². The Morgan fingerprint density at radius 1 is 0.946 bits per heavy atom. The highest BCUT2D eigenvalue weighted by Crippen LogP contribution is 2.49. The Morgan fingerprint density at radius 2 is 1.68 bits per heavy atom. The molecule has 2 aliphatic carbocycles. The van der Waals surface area contributed by atoms with Crippen molar-refractivity contribution in [2.45, 2.75) is 43.9 Å². The van der Waals surface area contributed by atoms with Crippen molar-refractivity contribution in [2.24, 2.45) is 5.10 Å². The molecule has 6 rings (SSSR count). The molecule has 186 valence electrons. The number of ether oxygens (including phenoxy) is 1. The second-order valence-electron chi connectivity index (χ2n) is 9.93. The SMILES string of the molecule is COc1ccccc1-n1c(N/N=C/c2ccccc2)nc2c(c1=O)C1(CCCCC1)Cc1ccccc1-2. The molecule has 0 radical (unpaired) electrons. The van der Waals surface area contributed by atoms with Crippen LogP contribution in [-0.4, -0.2) is 22.9 Å². The number of benzene rings is 3. The van der Waals surface area contributed by atoms with Gasteiger partial charge < -0.3 is 4.74 Å². The van der Waals surface area contributed by atoms with Crippen molar-refractivity contribution in [3.63, 3.8) is 0 Å². The summed E-state index contributed by atoms with van der Waals surface area (Å²) in [4.78, 5) is 19.7. The van der Waals surface area contributed by atoms with Crippen LogP contribution >= 0.6 is 0 Å². The van der Waals surface area contributed by atoms with Gasteiger partial charge in [-0.15, -0.1) is 0 Å². The molecule has 37 heavy (non-hydrogen) atoms. The van der Waals surface area contributed by atoms with E-state index in [1.165, 1.54) is 12.0 Å². The Kier molecular flexibility index (Phi) is 6.08. The van der Waals surface area contributed by atoms with Crippen LogP contribution in [0.2, 0.25) is 0 Å². The summed E-state index contributed by atoms with van der Waals surface area (Å²) in [6, 6.07) is 25.8. The first-order valence-corrected chi connectivity index (χ1v) is 12.9. The van der Waals surface area contributed by atoms with Crippen LogP contribution in [0.4, 0.5) is 5.95 Å². The van der Waals surface area contributed by atoms with Crippen molar-refractivity contribution in [2.75, 3.05) is 12.5 Å². The molecule has 0 bridgehead atoms. The van der Waals surface area contributed by atoms with Crippen molar-refractivity contribution in [1.29, 1.82) is 0 Å². The summed E-state index contributed by atoms with van der Waals surface area (Å²) < 4.78 is 7.31. The number of hydrazone groups is 1. The normalized spacial score (nSPS) is 15.8. The molecule has 1 saturated carbocycles. The van der Waals surface area contributed by atoms with Crippen molar-refractivity contribution >= 4 is 12.2 Å². The number of hydrogen-bond acceptors (Lipinski definition) is 5. The van der Waals surface area contributed by atoms with Crippen LogP contribution in [0.1, 0.15) is 48.8 Å². The van der Waals surface area contributed by atoms with Gasteiger partial charge in [0, 0.05) is 11.0 Å². The first kappa shape index (κ1) is 23.2. The summed E-state index contributed by atoms with van der Waals surface area (Å²) in [5.74, 6) is 0.971. The Bertz CT molecular complexity index is 1520. The van der Waals surface area contributed by atoms with Crippen LogP contribution in [0.15, 0.2) is 88.8 Å². The largest absolute Gasteiger partial charge is 0.495 e. The molecular formula is C31H30N4O2. The highest BCUT2D eigenvalue weighted by molar-refractivity contribution is 5.80. The number of methoxy groups -OCH3 is 1. The van der Waals surface area contributed by atoms with E-state index < -0.39 is 0 Å². The van der Waals surface area contributed by atoms with Gasteiger partial charge in [-0.05, 0) is 42.5 Å². The Hall–Kier alpha value is -4.19. The van der Waals surface area contributed by atoms with Gasteiger partial charge in [0.25, 0.3) is 5.56 Å². The van der Waals surface area contributed by atoms with E-state index in [2.05, 4.69) is 28.7 Å². The number of rotatable bonds is 5. The molecule has 1 spiro atoms. The lowest BCUT2D eigenvalue weighted by molar-refractivity contribution is 0.284. The minimum Gasteiger partial charge on any atom is -0.495 e. The number of anilines is 1. The summed E-state index contributed by atoms with van der Waals surface area (Å²) in [7, 11) is 1.62. The van der Waals surface area contributed by atoms with Gasteiger partial charge in [0.2, 0.25) is 5.95 Å². The van der Waals surface area contributed by atoms with Crippen molar-refractivity contribution in [3.8, 4) is 22.7 Å². The molecule has 0 amide bonds. The van der Waals surface area contributed by atoms with Gasteiger partial charge in [0.15, 0.2) is 0 Å². The predicted molar refractivity (Wildman–Crippen MR) is 148 cm³/mol. The number of hydrogen-bond donors (Lipinski definition) is 1. The molecular weight excluding hydrogens is 460 g/mol. The third-order valence-corrected chi connectivity index (χ3v) is 7.73. The Balaban J connectivity index is 1.60.